The molecule has 0 atom stereocenters. The van der Waals surface area contributed by atoms with Gasteiger partial charge in [-0.3, -0.25) is 0 Å². The Balaban J connectivity index is 0.00000162. The van der Waals surface area contributed by atoms with E-state index in [0.29, 0.717) is 6.61 Å². The Bertz CT molecular complexity index is 359. The van der Waals surface area contributed by atoms with Crippen LogP contribution in [-0.4, -0.2) is 32.0 Å². The third kappa shape index (κ3) is 3.75. The summed E-state index contributed by atoms with van der Waals surface area (Å²) in [5, 5.41) is 8.72. The molecule has 1 N–H and O–H groups in total. The van der Waals surface area contributed by atoms with Crippen molar-refractivity contribution < 1.29 is 5.11 Å². The van der Waals surface area contributed by atoms with Crippen molar-refractivity contribution in [3.63, 3.8) is 0 Å². The largest absolute Gasteiger partial charge is 0.396 e. The number of unbranched alkanes of at least 4 members (excludes halogenated alkanes) is 3. The van der Waals surface area contributed by atoms with Crippen molar-refractivity contribution in [2.45, 2.75) is 25.7 Å². The second kappa shape index (κ2) is 7.84. The predicted octanol–water partition coefficient (Wildman–Crippen LogP) is 3.07. The van der Waals surface area contributed by atoms with Crippen LogP contribution in [0.3, 0.4) is 0 Å². The fraction of sp³-hybridized carbons (Fsp3) is 0.571. The molecule has 0 spiro atoms. The van der Waals surface area contributed by atoms with Crippen LogP contribution < -0.4 is 9.80 Å². The fourth-order valence-electron chi connectivity index (χ4n) is 2.42. The minimum absolute atomic E-state index is 0. The number of fused-ring (bicyclic) bond motifs is 1. The van der Waals surface area contributed by atoms with Crippen molar-refractivity contribution >= 4 is 35.4 Å². The fourth-order valence-corrected chi connectivity index (χ4v) is 2.42. The molecule has 0 bridgehead atoms. The predicted molar refractivity (Wildman–Crippen MR) is 88.0 cm³/mol. The quantitative estimate of drug-likeness (QED) is 0.623. The van der Waals surface area contributed by atoms with E-state index < -0.39 is 0 Å². The maximum Gasteiger partial charge on any atom is 0.0901 e. The van der Waals surface area contributed by atoms with Crippen molar-refractivity contribution in [1.29, 1.82) is 0 Å². The summed E-state index contributed by atoms with van der Waals surface area (Å²) in [5.41, 5.74) is 2.69. The molecule has 1 heterocycles. The van der Waals surface area contributed by atoms with Gasteiger partial charge < -0.3 is 14.9 Å². The van der Waals surface area contributed by atoms with E-state index in [-0.39, 0.29) is 24.0 Å². The van der Waals surface area contributed by atoms with Crippen LogP contribution in [0, 0.1) is 0 Å². The van der Waals surface area contributed by atoms with Gasteiger partial charge in [-0.25, -0.2) is 0 Å². The SMILES string of the molecule is CN1CN(CCCCCCO)c2ccccc21.I. The van der Waals surface area contributed by atoms with E-state index in [1.807, 2.05) is 0 Å². The van der Waals surface area contributed by atoms with E-state index in [2.05, 4.69) is 41.1 Å². The Morgan fingerprint density at radius 3 is 2.44 bits per heavy atom. The van der Waals surface area contributed by atoms with Gasteiger partial charge in [0.05, 0.1) is 18.0 Å². The van der Waals surface area contributed by atoms with E-state index in [9.17, 15) is 0 Å². The molecule has 0 unspecified atom stereocenters. The average Bonchev–Trinajstić information content (AvgIpc) is 2.67. The molecule has 2 rings (SSSR count). The summed E-state index contributed by atoms with van der Waals surface area (Å²) in [5.74, 6) is 0. The van der Waals surface area contributed by atoms with E-state index in [4.69, 9.17) is 5.11 Å². The van der Waals surface area contributed by atoms with Crippen molar-refractivity contribution in [1.82, 2.24) is 0 Å². The first-order chi connectivity index (χ1) is 8.33. The third-order valence-electron chi connectivity index (χ3n) is 3.35. The van der Waals surface area contributed by atoms with Gasteiger partial charge in [0.15, 0.2) is 0 Å². The number of halogens is 1. The van der Waals surface area contributed by atoms with Gasteiger partial charge in [0.25, 0.3) is 0 Å². The molecule has 1 aromatic carbocycles. The molecule has 0 aromatic heterocycles. The zero-order valence-electron chi connectivity index (χ0n) is 11.0. The number of rotatable bonds is 6. The highest BCUT2D eigenvalue weighted by Gasteiger charge is 2.21. The van der Waals surface area contributed by atoms with Gasteiger partial charge in [-0.05, 0) is 25.0 Å². The van der Waals surface area contributed by atoms with Gasteiger partial charge in [-0.1, -0.05) is 25.0 Å². The molecule has 1 aromatic rings. The minimum Gasteiger partial charge on any atom is -0.396 e. The molecule has 4 heteroatoms. The molecule has 1 aliphatic rings. The van der Waals surface area contributed by atoms with Gasteiger partial charge >= 0.3 is 0 Å². The molecule has 18 heavy (non-hydrogen) atoms. The van der Waals surface area contributed by atoms with Gasteiger partial charge in [0.1, 0.15) is 0 Å². The smallest absolute Gasteiger partial charge is 0.0901 e. The Morgan fingerprint density at radius 1 is 1.06 bits per heavy atom. The Labute approximate surface area is 127 Å². The summed E-state index contributed by atoms with van der Waals surface area (Å²) >= 11 is 0. The molecule has 0 saturated carbocycles. The van der Waals surface area contributed by atoms with E-state index in [0.717, 1.165) is 26.1 Å². The number of hydrogen-bond donors (Lipinski definition) is 1. The lowest BCUT2D eigenvalue weighted by molar-refractivity contribution is 0.282. The first-order valence-corrected chi connectivity index (χ1v) is 6.49. The van der Waals surface area contributed by atoms with E-state index >= 15 is 0 Å². The second-order valence-corrected chi connectivity index (χ2v) is 4.73. The lowest BCUT2D eigenvalue weighted by Gasteiger charge is -2.19. The molecule has 0 fully saturated rings. The molecule has 102 valence electrons. The molecule has 1 aliphatic heterocycles. The molecule has 0 radical (unpaired) electrons. The number of aliphatic hydroxyl groups excluding tert-OH is 1. The van der Waals surface area contributed by atoms with Crippen LogP contribution in [0.5, 0.6) is 0 Å². The zero-order chi connectivity index (χ0) is 12.1. The number of nitrogens with zero attached hydrogens (tertiary/aromatic N) is 2. The topological polar surface area (TPSA) is 26.7 Å². The Morgan fingerprint density at radius 2 is 1.72 bits per heavy atom. The van der Waals surface area contributed by atoms with Crippen molar-refractivity contribution in [2.24, 2.45) is 0 Å². The second-order valence-electron chi connectivity index (χ2n) is 4.73. The lowest BCUT2D eigenvalue weighted by Crippen LogP contribution is -2.28. The Kier molecular flexibility index (Phi) is 6.78. The van der Waals surface area contributed by atoms with Crippen LogP contribution >= 0.6 is 24.0 Å². The first kappa shape index (κ1) is 15.6. The molecule has 0 aliphatic carbocycles. The van der Waals surface area contributed by atoms with Crippen molar-refractivity contribution in [3.05, 3.63) is 24.3 Å². The van der Waals surface area contributed by atoms with Crippen LogP contribution in [-0.2, 0) is 0 Å². The van der Waals surface area contributed by atoms with Gasteiger partial charge in [0.2, 0.25) is 0 Å². The summed E-state index contributed by atoms with van der Waals surface area (Å²) < 4.78 is 0. The van der Waals surface area contributed by atoms with Crippen LogP contribution in [0.25, 0.3) is 0 Å². The highest BCUT2D eigenvalue weighted by atomic mass is 127. The third-order valence-corrected chi connectivity index (χ3v) is 3.35. The first-order valence-electron chi connectivity index (χ1n) is 6.49. The van der Waals surface area contributed by atoms with Crippen LogP contribution in [0.2, 0.25) is 0 Å². The summed E-state index contributed by atoms with van der Waals surface area (Å²) in [6.45, 7) is 2.45. The molecule has 3 nitrogen and oxygen atoms in total. The van der Waals surface area contributed by atoms with E-state index in [1.54, 1.807) is 0 Å². The van der Waals surface area contributed by atoms with Crippen molar-refractivity contribution in [3.8, 4) is 0 Å². The van der Waals surface area contributed by atoms with Crippen molar-refractivity contribution in [2.75, 3.05) is 36.7 Å². The monoisotopic (exact) mass is 362 g/mol. The maximum absolute atomic E-state index is 8.72. The molecule has 0 saturated heterocycles. The standard InChI is InChI=1S/C14H22N2O.HI/c1-15-12-16(10-6-2-3-7-11-17)14-9-5-4-8-13(14)15;/h4-5,8-9,17H,2-3,6-7,10-12H2,1H3;1H. The van der Waals surface area contributed by atoms with Crippen LogP contribution in [0.15, 0.2) is 24.3 Å². The normalized spacial score (nSPS) is 13.4. The van der Waals surface area contributed by atoms with Gasteiger partial charge in [-0.15, -0.1) is 24.0 Å². The highest BCUT2D eigenvalue weighted by Crippen LogP contribution is 2.34. The summed E-state index contributed by atoms with van der Waals surface area (Å²) in [6, 6.07) is 8.59. The lowest BCUT2D eigenvalue weighted by atomic mass is 10.2. The van der Waals surface area contributed by atoms with Gasteiger partial charge in [-0.2, -0.15) is 0 Å². The summed E-state index contributed by atoms with van der Waals surface area (Å²) in [4.78, 5) is 4.73. The molecular formula is C14H23IN2O. The summed E-state index contributed by atoms with van der Waals surface area (Å²) in [7, 11) is 2.14. The number of anilines is 2. The Hall–Kier alpha value is -0.490. The van der Waals surface area contributed by atoms with Gasteiger partial charge in [0, 0.05) is 20.2 Å². The molecular weight excluding hydrogens is 339 g/mol. The van der Waals surface area contributed by atoms with E-state index in [1.165, 1.54) is 24.2 Å². The number of aliphatic hydroxyl groups is 1. The van der Waals surface area contributed by atoms with Crippen LogP contribution in [0.4, 0.5) is 11.4 Å². The highest BCUT2D eigenvalue weighted by molar-refractivity contribution is 14.0. The molecule has 0 amide bonds. The number of para-hydroxylation sites is 2. The summed E-state index contributed by atoms with van der Waals surface area (Å²) in [6.07, 6.45) is 4.50. The van der Waals surface area contributed by atoms with Crippen LogP contribution in [0.1, 0.15) is 25.7 Å². The number of benzene rings is 1. The maximum atomic E-state index is 8.72. The number of hydrogen-bond acceptors (Lipinski definition) is 3. The minimum atomic E-state index is 0. The zero-order valence-corrected chi connectivity index (χ0v) is 13.3. The average molecular weight is 362 g/mol.